The first-order valence-corrected chi connectivity index (χ1v) is 9.84. The Morgan fingerprint density at radius 1 is 1.23 bits per heavy atom. The Kier molecular flexibility index (Phi) is 4.63. The van der Waals surface area contributed by atoms with Crippen LogP contribution < -0.4 is 10.6 Å². The van der Waals surface area contributed by atoms with Crippen LogP contribution in [0.3, 0.4) is 0 Å². The maximum absolute atomic E-state index is 12.6. The molecule has 7 heteroatoms. The van der Waals surface area contributed by atoms with Gasteiger partial charge in [-0.05, 0) is 30.9 Å². The number of aromatic nitrogens is 1. The molecule has 2 N–H and O–H groups in total. The Labute approximate surface area is 156 Å². The Hall–Kier alpha value is -2.41. The molecule has 1 fully saturated rings. The number of para-hydroxylation sites is 1. The molecule has 4 rings (SSSR count). The van der Waals surface area contributed by atoms with E-state index in [-0.39, 0.29) is 17.4 Å². The van der Waals surface area contributed by atoms with E-state index in [4.69, 9.17) is 0 Å². The van der Waals surface area contributed by atoms with Gasteiger partial charge in [-0.2, -0.15) is 0 Å². The van der Waals surface area contributed by atoms with E-state index in [1.54, 1.807) is 11.7 Å². The van der Waals surface area contributed by atoms with E-state index >= 15 is 0 Å². The number of nitrogens with one attached hydrogen (secondary N) is 2. The lowest BCUT2D eigenvalue weighted by Crippen LogP contribution is -2.52. The van der Waals surface area contributed by atoms with Gasteiger partial charge in [0.1, 0.15) is 4.88 Å². The summed E-state index contributed by atoms with van der Waals surface area (Å²) in [5.74, 6) is 0.114. The van der Waals surface area contributed by atoms with Crippen LogP contribution in [0.5, 0.6) is 0 Å². The number of nitrogens with zero attached hydrogens (tertiary/aromatic N) is 2. The fourth-order valence-electron chi connectivity index (χ4n) is 3.81. The highest BCUT2D eigenvalue weighted by atomic mass is 32.1. The third-order valence-electron chi connectivity index (χ3n) is 5.28. The second-order valence-corrected chi connectivity index (χ2v) is 7.88. The van der Waals surface area contributed by atoms with E-state index in [1.165, 1.54) is 16.9 Å². The molecule has 136 valence electrons. The lowest BCUT2D eigenvalue weighted by Gasteiger charge is -2.42. The summed E-state index contributed by atoms with van der Waals surface area (Å²) in [6, 6.07) is 8.25. The number of likely N-dealkylation sites (tertiary alicyclic amines) is 1. The fraction of sp³-hybridized carbons (Fsp3) is 0.421. The predicted octanol–water partition coefficient (Wildman–Crippen LogP) is 2.29. The molecule has 0 bridgehead atoms. The van der Waals surface area contributed by atoms with Crippen molar-refractivity contribution in [2.45, 2.75) is 31.2 Å². The summed E-state index contributed by atoms with van der Waals surface area (Å²) in [5, 5.41) is 6.70. The molecule has 1 aromatic carbocycles. The topological polar surface area (TPSA) is 74.3 Å². The molecular formula is C19H22N4O2S. The number of piperidine rings is 1. The molecule has 0 atom stereocenters. The summed E-state index contributed by atoms with van der Waals surface area (Å²) >= 11 is 1.37. The largest absolute Gasteiger partial charge is 0.379 e. The maximum Gasteiger partial charge on any atom is 0.265 e. The summed E-state index contributed by atoms with van der Waals surface area (Å²) in [6.45, 7) is 1.93. The van der Waals surface area contributed by atoms with Crippen LogP contribution in [-0.4, -0.2) is 46.9 Å². The van der Waals surface area contributed by atoms with Crippen molar-refractivity contribution in [3.05, 3.63) is 46.4 Å². The Bertz CT molecular complexity index is 798. The number of anilines is 1. The van der Waals surface area contributed by atoms with Crippen LogP contribution in [0.1, 0.15) is 34.5 Å². The summed E-state index contributed by atoms with van der Waals surface area (Å²) in [6.07, 6.45) is 4.38. The molecule has 0 saturated carbocycles. The van der Waals surface area contributed by atoms with E-state index in [9.17, 15) is 9.59 Å². The average molecular weight is 370 g/mol. The van der Waals surface area contributed by atoms with Crippen LogP contribution in [0.15, 0.2) is 36.0 Å². The van der Waals surface area contributed by atoms with Gasteiger partial charge in [-0.15, -0.1) is 11.3 Å². The van der Waals surface area contributed by atoms with E-state index in [2.05, 4.69) is 27.8 Å². The molecule has 1 saturated heterocycles. The SMILES string of the molecule is O=C1CC2(CCN(C(=O)c3cncs3)CC2)Nc2ccccc2CCN1. The number of fused-ring (bicyclic) bond motifs is 1. The Balaban J connectivity index is 1.53. The zero-order chi connectivity index (χ0) is 18.0. The number of carbonyl (C=O) groups excluding carboxylic acids is 2. The molecule has 0 radical (unpaired) electrons. The number of rotatable bonds is 1. The molecule has 6 nitrogen and oxygen atoms in total. The molecule has 26 heavy (non-hydrogen) atoms. The third kappa shape index (κ3) is 3.44. The van der Waals surface area contributed by atoms with Crippen LogP contribution in [0.4, 0.5) is 5.69 Å². The van der Waals surface area contributed by atoms with E-state index in [1.807, 2.05) is 17.0 Å². The normalized spacial score (nSPS) is 19.5. The molecule has 0 unspecified atom stereocenters. The molecule has 1 spiro atoms. The first kappa shape index (κ1) is 17.0. The number of benzene rings is 1. The highest BCUT2D eigenvalue weighted by Gasteiger charge is 2.38. The fourth-order valence-corrected chi connectivity index (χ4v) is 4.40. The van der Waals surface area contributed by atoms with E-state index in [0.717, 1.165) is 24.9 Å². The van der Waals surface area contributed by atoms with Gasteiger partial charge >= 0.3 is 0 Å². The van der Waals surface area contributed by atoms with Gasteiger partial charge in [0.05, 0.1) is 11.7 Å². The summed E-state index contributed by atoms with van der Waals surface area (Å²) in [7, 11) is 0. The number of carbonyl (C=O) groups is 2. The molecule has 2 aromatic rings. The molecule has 2 amide bonds. The van der Waals surface area contributed by atoms with Crippen molar-refractivity contribution in [1.82, 2.24) is 15.2 Å². The highest BCUT2D eigenvalue weighted by Crippen LogP contribution is 2.33. The first-order valence-electron chi connectivity index (χ1n) is 8.96. The Morgan fingerprint density at radius 3 is 2.81 bits per heavy atom. The number of thiazole rings is 1. The minimum absolute atomic E-state index is 0.0373. The lowest BCUT2D eigenvalue weighted by molar-refractivity contribution is -0.122. The van der Waals surface area contributed by atoms with Crippen LogP contribution >= 0.6 is 11.3 Å². The van der Waals surface area contributed by atoms with Crippen molar-refractivity contribution < 1.29 is 9.59 Å². The summed E-state index contributed by atoms with van der Waals surface area (Å²) in [5.41, 5.74) is 3.69. The predicted molar refractivity (Wildman–Crippen MR) is 101 cm³/mol. The molecule has 0 aliphatic carbocycles. The van der Waals surface area contributed by atoms with Gasteiger partial charge in [-0.1, -0.05) is 18.2 Å². The monoisotopic (exact) mass is 370 g/mol. The smallest absolute Gasteiger partial charge is 0.265 e. The van der Waals surface area contributed by atoms with Crippen molar-refractivity contribution >= 4 is 28.8 Å². The lowest BCUT2D eigenvalue weighted by atomic mass is 9.83. The molecule has 3 heterocycles. The highest BCUT2D eigenvalue weighted by molar-refractivity contribution is 7.11. The maximum atomic E-state index is 12.6. The van der Waals surface area contributed by atoms with Crippen LogP contribution in [-0.2, 0) is 11.2 Å². The number of amides is 2. The summed E-state index contributed by atoms with van der Waals surface area (Å²) < 4.78 is 0. The molecule has 1 aromatic heterocycles. The van der Waals surface area contributed by atoms with E-state index < -0.39 is 0 Å². The van der Waals surface area contributed by atoms with Crippen molar-refractivity contribution in [3.63, 3.8) is 0 Å². The summed E-state index contributed by atoms with van der Waals surface area (Å²) in [4.78, 5) is 31.5. The van der Waals surface area contributed by atoms with Crippen molar-refractivity contribution in [3.8, 4) is 0 Å². The molecule has 2 aliphatic heterocycles. The second-order valence-electron chi connectivity index (χ2n) is 7.00. The Morgan fingerprint density at radius 2 is 2.04 bits per heavy atom. The van der Waals surface area contributed by atoms with Gasteiger partial charge in [0.15, 0.2) is 0 Å². The van der Waals surface area contributed by atoms with Gasteiger partial charge in [0.25, 0.3) is 5.91 Å². The van der Waals surface area contributed by atoms with Crippen molar-refractivity contribution in [2.75, 3.05) is 25.0 Å². The first-order chi connectivity index (χ1) is 12.7. The standard InChI is InChI=1S/C19H22N4O2S/c24-17-11-19(22-15-4-2-1-3-14(15)5-8-21-17)6-9-23(10-7-19)18(25)16-12-20-13-26-16/h1-4,12-13,22H,5-11H2,(H,21,24). The third-order valence-corrected chi connectivity index (χ3v) is 6.04. The number of hydrogen-bond acceptors (Lipinski definition) is 5. The van der Waals surface area contributed by atoms with Crippen molar-refractivity contribution in [1.29, 1.82) is 0 Å². The minimum atomic E-state index is -0.311. The van der Waals surface area contributed by atoms with E-state index in [0.29, 0.717) is 30.9 Å². The van der Waals surface area contributed by atoms with Crippen molar-refractivity contribution in [2.24, 2.45) is 0 Å². The minimum Gasteiger partial charge on any atom is -0.379 e. The zero-order valence-corrected chi connectivity index (χ0v) is 15.3. The van der Waals surface area contributed by atoms with Gasteiger partial charge < -0.3 is 15.5 Å². The average Bonchev–Trinajstić information content (AvgIpc) is 3.18. The van der Waals surface area contributed by atoms with Gasteiger partial charge in [0, 0.05) is 37.3 Å². The van der Waals surface area contributed by atoms with Crippen LogP contribution in [0.2, 0.25) is 0 Å². The second kappa shape index (κ2) is 7.07. The van der Waals surface area contributed by atoms with Gasteiger partial charge in [0.2, 0.25) is 5.91 Å². The molecular weight excluding hydrogens is 348 g/mol. The number of hydrogen-bond donors (Lipinski definition) is 2. The van der Waals surface area contributed by atoms with Gasteiger partial charge in [-0.3, -0.25) is 14.6 Å². The van der Waals surface area contributed by atoms with Crippen LogP contribution in [0, 0.1) is 0 Å². The quantitative estimate of drug-likeness (QED) is 0.808. The van der Waals surface area contributed by atoms with Crippen LogP contribution in [0.25, 0.3) is 0 Å². The zero-order valence-electron chi connectivity index (χ0n) is 14.5. The molecule has 2 aliphatic rings. The van der Waals surface area contributed by atoms with Gasteiger partial charge in [-0.25, -0.2) is 0 Å².